The zero-order valence-corrected chi connectivity index (χ0v) is 20.9. The quantitative estimate of drug-likeness (QED) is 0.339. The molecule has 0 nitrogen and oxygen atoms in total. The van der Waals surface area contributed by atoms with Crippen LogP contribution in [0.2, 0.25) is 0 Å². The number of aryl methyl sites for hydroxylation is 2. The van der Waals surface area contributed by atoms with Crippen molar-refractivity contribution in [2.24, 2.45) is 23.7 Å². The summed E-state index contributed by atoms with van der Waals surface area (Å²) in [6, 6.07) is 17.8. The standard InChI is InChI=1S/C32H45F/c1-2-4-25-8-16-29(17-9-25)31-20-12-27(13-21-31)6-7-28-14-22-32(23-15-28)30-18-10-26(11-19-30)5-3-24-33/h10-11,14-15,18-19,22-23,25,27,29,31H,2-9,12-13,16-17,20-21,24H2,1H3/t25-,27-,29-,31-. The first-order valence-electron chi connectivity index (χ1n) is 14.0. The number of hydrogen-bond acceptors (Lipinski definition) is 0. The van der Waals surface area contributed by atoms with Gasteiger partial charge in [-0.2, -0.15) is 0 Å². The van der Waals surface area contributed by atoms with Crippen LogP contribution in [-0.2, 0) is 12.8 Å². The lowest BCUT2D eigenvalue weighted by molar-refractivity contribution is 0.141. The molecule has 4 rings (SSSR count). The third-order valence-corrected chi connectivity index (χ3v) is 8.83. The summed E-state index contributed by atoms with van der Waals surface area (Å²) < 4.78 is 12.4. The first-order chi connectivity index (χ1) is 16.2. The average molecular weight is 449 g/mol. The van der Waals surface area contributed by atoms with E-state index in [2.05, 4.69) is 55.5 Å². The maximum Gasteiger partial charge on any atom is 0.0897 e. The summed E-state index contributed by atoms with van der Waals surface area (Å²) in [6.07, 6.45) is 18.9. The second-order valence-electron chi connectivity index (χ2n) is 11.1. The molecule has 33 heavy (non-hydrogen) atoms. The molecule has 0 atom stereocenters. The van der Waals surface area contributed by atoms with E-state index in [-0.39, 0.29) is 6.67 Å². The van der Waals surface area contributed by atoms with E-state index in [9.17, 15) is 4.39 Å². The molecule has 2 fully saturated rings. The van der Waals surface area contributed by atoms with E-state index in [1.165, 1.54) is 99.3 Å². The summed E-state index contributed by atoms with van der Waals surface area (Å²) in [5.41, 5.74) is 5.25. The van der Waals surface area contributed by atoms with E-state index < -0.39 is 0 Å². The Kier molecular flexibility index (Phi) is 9.45. The minimum Gasteiger partial charge on any atom is -0.251 e. The third kappa shape index (κ3) is 7.17. The zero-order chi connectivity index (χ0) is 22.9. The average Bonchev–Trinajstić information content (AvgIpc) is 2.88. The van der Waals surface area contributed by atoms with Crippen LogP contribution in [0.4, 0.5) is 4.39 Å². The number of halogens is 1. The molecule has 2 aliphatic carbocycles. The lowest BCUT2D eigenvalue weighted by atomic mass is 9.68. The number of alkyl halides is 1. The molecule has 0 radical (unpaired) electrons. The Bertz CT molecular complexity index is 789. The predicted molar refractivity (Wildman–Crippen MR) is 140 cm³/mol. The summed E-state index contributed by atoms with van der Waals surface area (Å²) in [4.78, 5) is 0. The fraction of sp³-hybridized carbons (Fsp3) is 0.625. The van der Waals surface area contributed by atoms with E-state index in [1.807, 2.05) is 0 Å². The first kappa shape index (κ1) is 24.5. The molecule has 1 heteroatoms. The molecule has 2 aliphatic rings. The highest BCUT2D eigenvalue weighted by Gasteiger charge is 2.30. The Hall–Kier alpha value is -1.63. The summed E-state index contributed by atoms with van der Waals surface area (Å²) in [6.45, 7) is 2.11. The van der Waals surface area contributed by atoms with Gasteiger partial charge >= 0.3 is 0 Å². The molecule has 0 aliphatic heterocycles. The van der Waals surface area contributed by atoms with Gasteiger partial charge in [-0.15, -0.1) is 0 Å². The molecule has 0 amide bonds. The first-order valence-corrected chi connectivity index (χ1v) is 14.0. The van der Waals surface area contributed by atoms with E-state index in [0.717, 1.165) is 30.1 Å². The van der Waals surface area contributed by atoms with Gasteiger partial charge in [-0.1, -0.05) is 94.0 Å². The fourth-order valence-electron chi connectivity index (χ4n) is 6.67. The molecule has 0 bridgehead atoms. The van der Waals surface area contributed by atoms with E-state index in [0.29, 0.717) is 6.42 Å². The molecular formula is C32H45F. The van der Waals surface area contributed by atoms with Crippen molar-refractivity contribution in [3.63, 3.8) is 0 Å². The van der Waals surface area contributed by atoms with Crippen LogP contribution in [0.25, 0.3) is 11.1 Å². The van der Waals surface area contributed by atoms with Crippen LogP contribution in [0.5, 0.6) is 0 Å². The van der Waals surface area contributed by atoms with E-state index in [1.54, 1.807) is 0 Å². The van der Waals surface area contributed by atoms with Gasteiger partial charge < -0.3 is 0 Å². The molecule has 0 unspecified atom stereocenters. The van der Waals surface area contributed by atoms with Gasteiger partial charge in [-0.3, -0.25) is 4.39 Å². The summed E-state index contributed by atoms with van der Waals surface area (Å²) in [5, 5.41) is 0. The zero-order valence-electron chi connectivity index (χ0n) is 20.9. The monoisotopic (exact) mass is 448 g/mol. The molecule has 0 heterocycles. The van der Waals surface area contributed by atoms with Gasteiger partial charge in [0.15, 0.2) is 0 Å². The second-order valence-corrected chi connectivity index (χ2v) is 11.1. The van der Waals surface area contributed by atoms with Gasteiger partial charge in [0, 0.05) is 0 Å². The third-order valence-electron chi connectivity index (χ3n) is 8.83. The van der Waals surface area contributed by atoms with Crippen LogP contribution in [0.3, 0.4) is 0 Å². The number of rotatable bonds is 10. The minimum absolute atomic E-state index is 0.231. The largest absolute Gasteiger partial charge is 0.251 e. The highest BCUT2D eigenvalue weighted by molar-refractivity contribution is 5.64. The Morgan fingerprint density at radius 3 is 1.52 bits per heavy atom. The Balaban J connectivity index is 1.18. The van der Waals surface area contributed by atoms with Crippen molar-refractivity contribution in [2.45, 2.75) is 96.8 Å². The van der Waals surface area contributed by atoms with Crippen LogP contribution >= 0.6 is 0 Å². The molecule has 0 aromatic heterocycles. The summed E-state index contributed by atoms with van der Waals surface area (Å²) >= 11 is 0. The van der Waals surface area contributed by atoms with E-state index in [4.69, 9.17) is 0 Å². The van der Waals surface area contributed by atoms with Crippen LogP contribution in [0, 0.1) is 23.7 Å². The van der Waals surface area contributed by atoms with Gasteiger partial charge in [0.25, 0.3) is 0 Å². The smallest absolute Gasteiger partial charge is 0.0897 e. The maximum atomic E-state index is 12.4. The molecule has 0 saturated heterocycles. The highest BCUT2D eigenvalue weighted by Crippen LogP contribution is 2.43. The Morgan fingerprint density at radius 1 is 0.606 bits per heavy atom. The lowest BCUT2D eigenvalue weighted by Crippen LogP contribution is -2.26. The van der Waals surface area contributed by atoms with Crippen molar-refractivity contribution in [3.05, 3.63) is 59.7 Å². The predicted octanol–water partition coefficient (Wildman–Crippen LogP) is 9.60. The molecule has 0 spiro atoms. The SMILES string of the molecule is CCC[C@H]1CC[C@H]([C@H]2CC[C@H](CCc3ccc(-c4ccc(CCCF)cc4)cc3)CC2)CC1. The van der Waals surface area contributed by atoms with Crippen molar-refractivity contribution in [2.75, 3.05) is 6.67 Å². The topological polar surface area (TPSA) is 0 Å². The van der Waals surface area contributed by atoms with Gasteiger partial charge in [-0.05, 0) is 97.3 Å². The molecule has 2 aromatic rings. The normalized spacial score (nSPS) is 25.8. The van der Waals surface area contributed by atoms with Crippen molar-refractivity contribution >= 4 is 0 Å². The molecule has 180 valence electrons. The van der Waals surface area contributed by atoms with Gasteiger partial charge in [0.1, 0.15) is 0 Å². The molecule has 0 N–H and O–H groups in total. The van der Waals surface area contributed by atoms with Crippen molar-refractivity contribution in [1.82, 2.24) is 0 Å². The van der Waals surface area contributed by atoms with Gasteiger partial charge in [-0.25, -0.2) is 0 Å². The molecular weight excluding hydrogens is 403 g/mol. The summed E-state index contributed by atoms with van der Waals surface area (Å²) in [7, 11) is 0. The van der Waals surface area contributed by atoms with Gasteiger partial charge in [0.05, 0.1) is 6.67 Å². The minimum atomic E-state index is -0.231. The Morgan fingerprint density at radius 2 is 1.06 bits per heavy atom. The Labute approximate surface area is 202 Å². The van der Waals surface area contributed by atoms with Gasteiger partial charge in [0.2, 0.25) is 0 Å². The fourth-order valence-corrected chi connectivity index (χ4v) is 6.67. The van der Waals surface area contributed by atoms with Crippen molar-refractivity contribution in [1.29, 1.82) is 0 Å². The van der Waals surface area contributed by atoms with Crippen LogP contribution in [0.1, 0.15) is 95.1 Å². The van der Waals surface area contributed by atoms with Crippen molar-refractivity contribution in [3.8, 4) is 11.1 Å². The van der Waals surface area contributed by atoms with Crippen LogP contribution in [0.15, 0.2) is 48.5 Å². The second kappa shape index (κ2) is 12.7. The summed E-state index contributed by atoms with van der Waals surface area (Å²) in [5.74, 6) is 4.06. The number of benzene rings is 2. The van der Waals surface area contributed by atoms with E-state index >= 15 is 0 Å². The maximum absolute atomic E-state index is 12.4. The van der Waals surface area contributed by atoms with Crippen LogP contribution in [-0.4, -0.2) is 6.67 Å². The number of hydrogen-bond donors (Lipinski definition) is 0. The lowest BCUT2D eigenvalue weighted by Gasteiger charge is -2.38. The molecule has 2 saturated carbocycles. The highest BCUT2D eigenvalue weighted by atomic mass is 19.1. The van der Waals surface area contributed by atoms with Crippen molar-refractivity contribution < 1.29 is 4.39 Å². The van der Waals surface area contributed by atoms with Crippen LogP contribution < -0.4 is 0 Å². The molecule has 2 aromatic carbocycles.